The van der Waals surface area contributed by atoms with Crippen molar-refractivity contribution in [1.29, 1.82) is 0 Å². The number of hydrogen-bond acceptors (Lipinski definition) is 3. The topological polar surface area (TPSA) is 30.5 Å². The molecule has 1 N–H and O–H groups in total. The van der Waals surface area contributed by atoms with Crippen LogP contribution >= 0.6 is 0 Å². The molecule has 0 saturated heterocycles. The summed E-state index contributed by atoms with van der Waals surface area (Å²) in [4.78, 5) is 0. The van der Waals surface area contributed by atoms with Gasteiger partial charge in [-0.25, -0.2) is 0 Å². The van der Waals surface area contributed by atoms with Crippen molar-refractivity contribution in [2.75, 3.05) is 21.3 Å². The zero-order valence-corrected chi connectivity index (χ0v) is 10.4. The molecule has 0 aromatic heterocycles. The van der Waals surface area contributed by atoms with Gasteiger partial charge in [0.1, 0.15) is 0 Å². The van der Waals surface area contributed by atoms with E-state index in [-0.39, 0.29) is 5.56 Å². The zero-order valence-electron chi connectivity index (χ0n) is 10.4. The molecule has 6 heteroatoms. The van der Waals surface area contributed by atoms with Gasteiger partial charge in [-0.15, -0.1) is 0 Å². The molecule has 1 rings (SSSR count). The van der Waals surface area contributed by atoms with E-state index in [2.05, 4.69) is 5.32 Å². The molecule has 1 atom stereocenters. The van der Waals surface area contributed by atoms with E-state index in [9.17, 15) is 13.2 Å². The van der Waals surface area contributed by atoms with Gasteiger partial charge >= 0.3 is 6.18 Å². The Bertz CT molecular complexity index is 378. The van der Waals surface area contributed by atoms with E-state index in [4.69, 9.17) is 9.47 Å². The lowest BCUT2D eigenvalue weighted by Gasteiger charge is -2.27. The summed E-state index contributed by atoms with van der Waals surface area (Å²) in [7, 11) is 4.33. The van der Waals surface area contributed by atoms with Crippen LogP contribution in [0.3, 0.4) is 0 Å². The molecule has 18 heavy (non-hydrogen) atoms. The van der Waals surface area contributed by atoms with Gasteiger partial charge in [-0.1, -0.05) is 18.2 Å². The summed E-state index contributed by atoms with van der Waals surface area (Å²) >= 11 is 0. The number of hydrogen-bond donors (Lipinski definition) is 1. The third-order valence-corrected chi connectivity index (χ3v) is 2.65. The van der Waals surface area contributed by atoms with Gasteiger partial charge in [-0.2, -0.15) is 13.2 Å². The first kappa shape index (κ1) is 14.9. The van der Waals surface area contributed by atoms with Crippen LogP contribution in [0.5, 0.6) is 0 Å². The summed E-state index contributed by atoms with van der Waals surface area (Å²) in [6, 6.07) is 4.67. The smallest absolute Gasteiger partial charge is 0.354 e. The summed E-state index contributed by atoms with van der Waals surface area (Å²) in [6.07, 6.45) is -5.20. The van der Waals surface area contributed by atoms with Crippen LogP contribution in [0.4, 0.5) is 13.2 Å². The highest BCUT2D eigenvalue weighted by atomic mass is 19.4. The number of rotatable bonds is 5. The molecule has 0 aliphatic rings. The van der Waals surface area contributed by atoms with Gasteiger partial charge in [0.15, 0.2) is 6.29 Å². The molecule has 0 fully saturated rings. The van der Waals surface area contributed by atoms with Crippen LogP contribution in [0.2, 0.25) is 0 Å². The Labute approximate surface area is 104 Å². The maximum atomic E-state index is 12.9. The summed E-state index contributed by atoms with van der Waals surface area (Å²) in [6.45, 7) is 0. The maximum Gasteiger partial charge on any atom is 0.416 e. The largest absolute Gasteiger partial charge is 0.416 e. The Kier molecular flexibility index (Phi) is 5.13. The van der Waals surface area contributed by atoms with Crippen molar-refractivity contribution < 1.29 is 22.6 Å². The monoisotopic (exact) mass is 263 g/mol. The van der Waals surface area contributed by atoms with E-state index in [0.29, 0.717) is 0 Å². The number of likely N-dealkylation sites (N-methyl/N-ethyl adjacent to an activating group) is 1. The van der Waals surface area contributed by atoms with Crippen molar-refractivity contribution in [3.63, 3.8) is 0 Å². The molecule has 0 amide bonds. The van der Waals surface area contributed by atoms with Crippen molar-refractivity contribution in [2.45, 2.75) is 18.5 Å². The predicted octanol–water partition coefficient (Wildman–Crippen LogP) is 2.58. The van der Waals surface area contributed by atoms with E-state index in [1.807, 2.05) is 0 Å². The van der Waals surface area contributed by atoms with Gasteiger partial charge < -0.3 is 14.8 Å². The zero-order chi connectivity index (χ0) is 13.8. The van der Waals surface area contributed by atoms with Crippen LogP contribution in [0.25, 0.3) is 0 Å². The third-order valence-electron chi connectivity index (χ3n) is 2.65. The summed E-state index contributed by atoms with van der Waals surface area (Å²) in [5.41, 5.74) is -0.593. The molecule has 1 aromatic carbocycles. The average molecular weight is 263 g/mol. The Morgan fingerprint density at radius 2 is 1.67 bits per heavy atom. The van der Waals surface area contributed by atoms with Crippen molar-refractivity contribution in [1.82, 2.24) is 5.32 Å². The molecule has 0 radical (unpaired) electrons. The summed E-state index contributed by atoms with van der Waals surface area (Å²) in [5.74, 6) is 0. The third kappa shape index (κ3) is 3.22. The number of methoxy groups -OCH3 is 2. The molecule has 0 bridgehead atoms. The fourth-order valence-corrected chi connectivity index (χ4v) is 1.83. The second kappa shape index (κ2) is 6.17. The highest BCUT2D eigenvalue weighted by molar-refractivity contribution is 5.32. The number of benzene rings is 1. The highest BCUT2D eigenvalue weighted by Gasteiger charge is 2.36. The van der Waals surface area contributed by atoms with Crippen LogP contribution in [0.1, 0.15) is 17.2 Å². The van der Waals surface area contributed by atoms with Gasteiger partial charge in [0.2, 0.25) is 0 Å². The predicted molar refractivity (Wildman–Crippen MR) is 61.1 cm³/mol. The van der Waals surface area contributed by atoms with Crippen LogP contribution < -0.4 is 5.32 Å². The van der Waals surface area contributed by atoms with Crippen molar-refractivity contribution in [3.8, 4) is 0 Å². The fraction of sp³-hybridized carbons (Fsp3) is 0.500. The Morgan fingerprint density at radius 3 is 2.11 bits per heavy atom. The Hall–Kier alpha value is -1.11. The second-order valence-electron chi connectivity index (χ2n) is 3.69. The number of nitrogens with one attached hydrogen (secondary N) is 1. The molecule has 102 valence electrons. The highest BCUT2D eigenvalue weighted by Crippen LogP contribution is 2.35. The van der Waals surface area contributed by atoms with Crippen molar-refractivity contribution in [3.05, 3.63) is 35.4 Å². The van der Waals surface area contributed by atoms with E-state index >= 15 is 0 Å². The molecular formula is C12H16F3NO2. The molecule has 0 spiro atoms. The normalized spacial score (nSPS) is 13.9. The number of ether oxygens (including phenoxy) is 2. The second-order valence-corrected chi connectivity index (χ2v) is 3.69. The molecule has 3 nitrogen and oxygen atoms in total. The standard InChI is InChI=1S/C12H16F3NO2/c1-16-10(11(17-2)18-3)8-6-4-5-7-9(8)12(13,14)15/h4-7,10-11,16H,1-3H3. The van der Waals surface area contributed by atoms with Gasteiger partial charge in [0.05, 0.1) is 11.6 Å². The van der Waals surface area contributed by atoms with Gasteiger partial charge in [-0.3, -0.25) is 0 Å². The van der Waals surface area contributed by atoms with Crippen LogP contribution in [0, 0.1) is 0 Å². The van der Waals surface area contributed by atoms with E-state index in [1.54, 1.807) is 13.1 Å². The van der Waals surface area contributed by atoms with Crippen molar-refractivity contribution >= 4 is 0 Å². The number of halogens is 3. The SMILES string of the molecule is CNC(c1ccccc1C(F)(F)F)C(OC)OC. The van der Waals surface area contributed by atoms with Gasteiger partial charge in [-0.05, 0) is 18.7 Å². The lowest BCUT2D eigenvalue weighted by molar-refractivity contribution is -0.143. The van der Waals surface area contributed by atoms with Crippen molar-refractivity contribution in [2.24, 2.45) is 0 Å². The fourth-order valence-electron chi connectivity index (χ4n) is 1.83. The quantitative estimate of drug-likeness (QED) is 0.828. The summed E-state index contributed by atoms with van der Waals surface area (Å²) in [5, 5.41) is 2.78. The molecule has 0 heterocycles. The Balaban J connectivity index is 3.21. The molecule has 0 aliphatic carbocycles. The lowest BCUT2D eigenvalue weighted by atomic mass is 9.99. The average Bonchev–Trinajstić information content (AvgIpc) is 2.34. The van der Waals surface area contributed by atoms with Gasteiger partial charge in [0.25, 0.3) is 0 Å². The van der Waals surface area contributed by atoms with Crippen LogP contribution in [-0.2, 0) is 15.7 Å². The van der Waals surface area contributed by atoms with E-state index in [0.717, 1.165) is 6.07 Å². The molecule has 1 unspecified atom stereocenters. The molecule has 0 aliphatic heterocycles. The first-order valence-electron chi connectivity index (χ1n) is 5.34. The molecule has 0 saturated carbocycles. The Morgan fingerprint density at radius 1 is 1.11 bits per heavy atom. The molecule has 1 aromatic rings. The van der Waals surface area contributed by atoms with E-state index < -0.39 is 24.1 Å². The first-order chi connectivity index (χ1) is 8.45. The maximum absolute atomic E-state index is 12.9. The van der Waals surface area contributed by atoms with Crippen LogP contribution in [-0.4, -0.2) is 27.6 Å². The lowest BCUT2D eigenvalue weighted by Crippen LogP contribution is -2.33. The first-order valence-corrected chi connectivity index (χ1v) is 5.34. The minimum absolute atomic E-state index is 0.0983. The minimum Gasteiger partial charge on any atom is -0.354 e. The minimum atomic E-state index is -4.41. The number of alkyl halides is 3. The molecular weight excluding hydrogens is 247 g/mol. The van der Waals surface area contributed by atoms with Crippen LogP contribution in [0.15, 0.2) is 24.3 Å². The van der Waals surface area contributed by atoms with E-state index in [1.165, 1.54) is 26.4 Å². The summed E-state index contributed by atoms with van der Waals surface area (Å²) < 4.78 is 48.8. The van der Waals surface area contributed by atoms with Gasteiger partial charge in [0, 0.05) is 14.2 Å².